The number of benzene rings is 2. The van der Waals surface area contributed by atoms with E-state index >= 15 is 0 Å². The van der Waals surface area contributed by atoms with E-state index in [2.05, 4.69) is 4.90 Å². The summed E-state index contributed by atoms with van der Waals surface area (Å²) >= 11 is 0. The summed E-state index contributed by atoms with van der Waals surface area (Å²) in [4.78, 5) is 7.33. The third-order valence-corrected chi connectivity index (χ3v) is 8.38. The van der Waals surface area contributed by atoms with E-state index in [-0.39, 0.29) is 0 Å². The lowest BCUT2D eigenvalue weighted by molar-refractivity contribution is 0.179. The molecule has 0 spiro atoms. The van der Waals surface area contributed by atoms with Gasteiger partial charge in [0.15, 0.2) is 0 Å². The van der Waals surface area contributed by atoms with Crippen molar-refractivity contribution in [3.05, 3.63) is 64.5 Å². The number of oxazole rings is 1. The number of rotatable bonds is 6. The fourth-order valence-corrected chi connectivity index (χ4v) is 5.84. The Balaban J connectivity index is 1.42. The van der Waals surface area contributed by atoms with Crippen LogP contribution in [0.2, 0.25) is 0 Å². The predicted molar refractivity (Wildman–Crippen MR) is 128 cm³/mol. The van der Waals surface area contributed by atoms with Crippen molar-refractivity contribution in [2.45, 2.75) is 39.1 Å². The molecule has 1 aliphatic rings. The summed E-state index contributed by atoms with van der Waals surface area (Å²) in [5, 5.41) is 0. The highest BCUT2D eigenvalue weighted by Gasteiger charge is 2.30. The minimum atomic E-state index is -3.51. The van der Waals surface area contributed by atoms with Crippen molar-refractivity contribution in [3.8, 4) is 17.2 Å². The summed E-state index contributed by atoms with van der Waals surface area (Å²) in [6.45, 7) is 10.6. The maximum Gasteiger partial charge on any atom is 0.243 e. The standard InChI is InChI=1S/C25H31N3O4S/c1-17-14-19(3)24(15-18(17)2)33(29,30)28-12-10-27(11-13-28)16-23-20(4)32-25(26-23)21-6-8-22(31-5)9-7-21/h6-9,14-15H,10-13,16H2,1-5H3. The van der Waals surface area contributed by atoms with E-state index in [0.717, 1.165) is 39.5 Å². The van der Waals surface area contributed by atoms with Crippen LogP contribution in [-0.2, 0) is 16.6 Å². The van der Waals surface area contributed by atoms with Gasteiger partial charge in [0.05, 0.1) is 17.7 Å². The number of aromatic nitrogens is 1. The third kappa shape index (κ3) is 4.83. The van der Waals surface area contributed by atoms with E-state index in [1.54, 1.807) is 17.5 Å². The Morgan fingerprint density at radius 2 is 1.58 bits per heavy atom. The molecule has 1 aliphatic heterocycles. The first-order valence-corrected chi connectivity index (χ1v) is 12.5. The number of hydrogen-bond donors (Lipinski definition) is 0. The van der Waals surface area contributed by atoms with E-state index in [1.165, 1.54) is 0 Å². The van der Waals surface area contributed by atoms with Gasteiger partial charge in [0, 0.05) is 38.3 Å². The number of nitrogens with zero attached hydrogens (tertiary/aromatic N) is 3. The number of ether oxygens (including phenoxy) is 1. The van der Waals surface area contributed by atoms with Gasteiger partial charge in [0.1, 0.15) is 11.5 Å². The quantitative estimate of drug-likeness (QED) is 0.541. The molecule has 4 rings (SSSR count). The van der Waals surface area contributed by atoms with Gasteiger partial charge in [-0.05, 0) is 74.7 Å². The molecule has 0 N–H and O–H groups in total. The van der Waals surface area contributed by atoms with E-state index in [1.807, 2.05) is 58.0 Å². The van der Waals surface area contributed by atoms with E-state index < -0.39 is 10.0 Å². The first-order chi connectivity index (χ1) is 15.7. The molecule has 0 saturated carbocycles. The summed E-state index contributed by atoms with van der Waals surface area (Å²) < 4.78 is 39.2. The lowest BCUT2D eigenvalue weighted by atomic mass is 10.1. The Morgan fingerprint density at radius 3 is 2.21 bits per heavy atom. The molecular formula is C25H31N3O4S. The molecule has 1 saturated heterocycles. The summed E-state index contributed by atoms with van der Waals surface area (Å²) in [6.07, 6.45) is 0. The van der Waals surface area contributed by atoms with Crippen LogP contribution in [0.25, 0.3) is 11.5 Å². The van der Waals surface area contributed by atoms with Gasteiger partial charge in [0.2, 0.25) is 15.9 Å². The molecule has 7 nitrogen and oxygen atoms in total. The molecule has 8 heteroatoms. The van der Waals surface area contributed by atoms with Crippen LogP contribution in [0.15, 0.2) is 45.7 Å². The predicted octanol–water partition coefficient (Wildman–Crippen LogP) is 4.09. The molecule has 2 aromatic carbocycles. The van der Waals surface area contributed by atoms with Gasteiger partial charge in [-0.3, -0.25) is 4.90 Å². The lowest BCUT2D eigenvalue weighted by Gasteiger charge is -2.34. The molecule has 0 atom stereocenters. The Hall–Kier alpha value is -2.68. The fourth-order valence-electron chi connectivity index (χ4n) is 4.12. The fraction of sp³-hybridized carbons (Fsp3) is 0.400. The molecule has 0 aliphatic carbocycles. The minimum absolute atomic E-state index is 0.413. The van der Waals surface area contributed by atoms with Crippen LogP contribution in [0.5, 0.6) is 5.75 Å². The summed E-state index contributed by atoms with van der Waals surface area (Å²) in [5.41, 5.74) is 4.66. The monoisotopic (exact) mass is 469 g/mol. The Kier molecular flexibility index (Phi) is 6.61. The van der Waals surface area contributed by atoms with Gasteiger partial charge in [-0.15, -0.1) is 0 Å². The van der Waals surface area contributed by atoms with Gasteiger partial charge in [-0.25, -0.2) is 13.4 Å². The molecule has 1 fully saturated rings. The first kappa shape index (κ1) is 23.5. The largest absolute Gasteiger partial charge is 0.497 e. The molecule has 176 valence electrons. The maximum absolute atomic E-state index is 13.3. The SMILES string of the molecule is COc1ccc(-c2nc(CN3CCN(S(=O)(=O)c4cc(C)c(C)cc4C)CC3)c(C)o2)cc1. The molecule has 3 aromatic rings. The zero-order valence-electron chi connectivity index (χ0n) is 19.9. The van der Waals surface area contributed by atoms with Crippen molar-refractivity contribution in [1.82, 2.24) is 14.2 Å². The van der Waals surface area contributed by atoms with Gasteiger partial charge in [0.25, 0.3) is 0 Å². The van der Waals surface area contributed by atoms with Crippen molar-refractivity contribution in [2.75, 3.05) is 33.3 Å². The zero-order chi connectivity index (χ0) is 23.8. The summed E-state index contributed by atoms with van der Waals surface area (Å²) in [7, 11) is -1.88. The van der Waals surface area contributed by atoms with Gasteiger partial charge < -0.3 is 9.15 Å². The van der Waals surface area contributed by atoms with Crippen molar-refractivity contribution in [2.24, 2.45) is 0 Å². The number of aryl methyl sites for hydroxylation is 4. The lowest BCUT2D eigenvalue weighted by Crippen LogP contribution is -2.48. The van der Waals surface area contributed by atoms with Crippen LogP contribution in [0, 0.1) is 27.7 Å². The topological polar surface area (TPSA) is 75.9 Å². The normalized spacial score (nSPS) is 15.7. The van der Waals surface area contributed by atoms with Crippen molar-refractivity contribution in [3.63, 3.8) is 0 Å². The Bertz CT molecular complexity index is 1240. The van der Waals surface area contributed by atoms with E-state index in [0.29, 0.717) is 43.5 Å². The van der Waals surface area contributed by atoms with Crippen LogP contribution in [0.3, 0.4) is 0 Å². The average Bonchev–Trinajstić information content (AvgIpc) is 3.16. The molecule has 33 heavy (non-hydrogen) atoms. The van der Waals surface area contributed by atoms with Crippen molar-refractivity contribution in [1.29, 1.82) is 0 Å². The molecule has 0 radical (unpaired) electrons. The van der Waals surface area contributed by atoms with Gasteiger partial charge in [-0.2, -0.15) is 4.31 Å². The molecular weight excluding hydrogens is 438 g/mol. The molecule has 0 bridgehead atoms. The second-order valence-electron chi connectivity index (χ2n) is 8.63. The van der Waals surface area contributed by atoms with Gasteiger partial charge in [-0.1, -0.05) is 6.07 Å². The van der Waals surface area contributed by atoms with Crippen LogP contribution in [-0.4, -0.2) is 55.9 Å². The molecule has 2 heterocycles. The Morgan fingerprint density at radius 1 is 0.939 bits per heavy atom. The summed E-state index contributed by atoms with van der Waals surface area (Å²) in [6, 6.07) is 11.4. The van der Waals surface area contributed by atoms with Gasteiger partial charge >= 0.3 is 0 Å². The number of hydrogen-bond acceptors (Lipinski definition) is 6. The number of methoxy groups -OCH3 is 1. The Labute approximate surface area is 196 Å². The van der Waals surface area contributed by atoms with Crippen LogP contribution in [0.4, 0.5) is 0 Å². The second-order valence-corrected chi connectivity index (χ2v) is 10.5. The maximum atomic E-state index is 13.3. The number of piperazine rings is 1. The number of sulfonamides is 1. The highest BCUT2D eigenvalue weighted by atomic mass is 32.2. The van der Waals surface area contributed by atoms with Crippen LogP contribution >= 0.6 is 0 Å². The van der Waals surface area contributed by atoms with Crippen LogP contribution < -0.4 is 4.74 Å². The highest BCUT2D eigenvalue weighted by molar-refractivity contribution is 7.89. The smallest absolute Gasteiger partial charge is 0.243 e. The van der Waals surface area contributed by atoms with Crippen molar-refractivity contribution < 1.29 is 17.6 Å². The van der Waals surface area contributed by atoms with E-state index in [4.69, 9.17) is 14.1 Å². The second kappa shape index (κ2) is 9.29. The van der Waals surface area contributed by atoms with E-state index in [9.17, 15) is 8.42 Å². The average molecular weight is 470 g/mol. The zero-order valence-corrected chi connectivity index (χ0v) is 20.7. The minimum Gasteiger partial charge on any atom is -0.497 e. The van der Waals surface area contributed by atoms with Crippen molar-refractivity contribution >= 4 is 10.0 Å². The molecule has 1 aromatic heterocycles. The highest BCUT2D eigenvalue weighted by Crippen LogP contribution is 2.27. The first-order valence-electron chi connectivity index (χ1n) is 11.1. The third-order valence-electron chi connectivity index (χ3n) is 6.34. The molecule has 0 unspecified atom stereocenters. The summed E-state index contributed by atoms with van der Waals surface area (Å²) in [5.74, 6) is 2.14. The molecule has 0 amide bonds. The van der Waals surface area contributed by atoms with Crippen LogP contribution in [0.1, 0.15) is 28.1 Å².